The fourth-order valence-corrected chi connectivity index (χ4v) is 11.6. The second kappa shape index (κ2) is 78.3. The van der Waals surface area contributed by atoms with Crippen LogP contribution in [0.25, 0.3) is 0 Å². The Morgan fingerprint density at radius 3 is 0.325 bits per heavy atom. The minimum absolute atomic E-state index is 0. The number of aliphatic carboxylic acids is 2. The first-order chi connectivity index (χ1) is 37.5. The third-order valence-corrected chi connectivity index (χ3v) is 17.0. The molecule has 0 atom stereocenters. The van der Waals surface area contributed by atoms with E-state index in [0.717, 1.165) is 25.7 Å². The molecule has 0 aliphatic heterocycles. The molecule has 0 aromatic rings. The molecule has 0 heterocycles. The molecule has 0 aliphatic carbocycles. The van der Waals surface area contributed by atoms with Gasteiger partial charge in [0.1, 0.15) is 0 Å². The predicted molar refractivity (Wildman–Crippen MR) is 341 cm³/mol. The summed E-state index contributed by atoms with van der Waals surface area (Å²) < 4.78 is 0. The van der Waals surface area contributed by atoms with Crippen molar-refractivity contribution in [2.75, 3.05) is 0 Å². The molecule has 0 N–H and O–H groups in total. The van der Waals surface area contributed by atoms with Gasteiger partial charge in [-0.25, -0.2) is 0 Å². The molecular weight excluding hydrogens is 969 g/mol. The molecule has 0 bridgehead atoms. The molecule has 5 heteroatoms. The molecule has 77 heavy (non-hydrogen) atoms. The largest absolute Gasteiger partial charge is 2.00 e. The summed E-state index contributed by atoms with van der Waals surface area (Å²) in [6.07, 6.45) is 93.1. The van der Waals surface area contributed by atoms with Crippen molar-refractivity contribution >= 4 is 49.7 Å². The van der Waals surface area contributed by atoms with Gasteiger partial charge < -0.3 is 19.8 Å². The molecule has 0 aromatic carbocycles. The number of rotatable bonds is 68. The summed E-state index contributed by atoms with van der Waals surface area (Å²) in [4.78, 5) is 20.7. The van der Waals surface area contributed by atoms with Crippen LogP contribution in [0.15, 0.2) is 0 Å². The Bertz CT molecular complexity index is 954. The maximum absolute atomic E-state index is 10.4. The number of carboxylic acid groups (broad SMARTS) is 2. The molecule has 0 amide bonds. The Morgan fingerprint density at radius 2 is 0.247 bits per heavy atom. The molecule has 0 radical (unpaired) electrons. The van der Waals surface area contributed by atoms with Crippen molar-refractivity contribution in [2.45, 2.75) is 450 Å². The van der Waals surface area contributed by atoms with Gasteiger partial charge >= 0.3 is 37.7 Å². The summed E-state index contributed by atoms with van der Waals surface area (Å²) in [5.41, 5.74) is 0. The zero-order chi connectivity index (χ0) is 55.2. The molecule has 0 rings (SSSR count). The summed E-state index contributed by atoms with van der Waals surface area (Å²) >= 11 is 0. The molecule has 0 aliphatic rings. The standard InChI is InChI=1S/2C36H72O2.Ca/c2*1-2-3-4-5-6-7-8-9-10-11-12-13-14-15-16-17-18-19-20-21-22-23-24-25-26-27-28-29-30-31-32-33-34-35-36(37)38;/h2*2-35H2,1H3,(H,37,38);/q;;+2/p-2. The van der Waals surface area contributed by atoms with Crippen LogP contribution in [0.3, 0.4) is 0 Å². The van der Waals surface area contributed by atoms with Gasteiger partial charge in [0.15, 0.2) is 0 Å². The van der Waals surface area contributed by atoms with Crippen LogP contribution in [0.2, 0.25) is 0 Å². The van der Waals surface area contributed by atoms with E-state index in [-0.39, 0.29) is 50.6 Å². The maximum Gasteiger partial charge on any atom is 2.00 e. The van der Waals surface area contributed by atoms with Gasteiger partial charge in [0, 0.05) is 11.9 Å². The van der Waals surface area contributed by atoms with Crippen molar-refractivity contribution in [1.29, 1.82) is 0 Å². The minimum Gasteiger partial charge on any atom is -0.550 e. The first-order valence-corrected chi connectivity index (χ1v) is 35.9. The smallest absolute Gasteiger partial charge is 0.550 e. The van der Waals surface area contributed by atoms with Crippen molar-refractivity contribution in [2.24, 2.45) is 0 Å². The van der Waals surface area contributed by atoms with E-state index in [2.05, 4.69) is 13.8 Å². The van der Waals surface area contributed by atoms with Crippen LogP contribution >= 0.6 is 0 Å². The van der Waals surface area contributed by atoms with E-state index in [1.54, 1.807) is 0 Å². The van der Waals surface area contributed by atoms with Crippen molar-refractivity contribution in [1.82, 2.24) is 0 Å². The first-order valence-electron chi connectivity index (χ1n) is 35.9. The predicted octanol–water partition coefficient (Wildman–Crippen LogP) is 23.7. The molecule has 4 nitrogen and oxygen atoms in total. The first kappa shape index (κ1) is 81.4. The van der Waals surface area contributed by atoms with Crippen LogP contribution in [0.5, 0.6) is 0 Å². The zero-order valence-corrected chi connectivity index (χ0v) is 55.6. The number of hydrogen-bond donors (Lipinski definition) is 0. The SMILES string of the molecule is CCCCCCCCCCCCCCCCCCCCCCCCCCCCCCCCCCCC(=O)[O-].CCCCCCCCCCCCCCCCCCCCCCCCCCCCCCCCCCCC(=O)[O-].[Ca+2]. The molecule has 0 saturated heterocycles. The van der Waals surface area contributed by atoms with Gasteiger partial charge in [-0.1, -0.05) is 425 Å². The topological polar surface area (TPSA) is 80.3 Å². The second-order valence-corrected chi connectivity index (χ2v) is 24.9. The van der Waals surface area contributed by atoms with Crippen LogP contribution in [0, 0.1) is 0 Å². The number of carboxylic acids is 2. The van der Waals surface area contributed by atoms with Crippen molar-refractivity contribution in [3.05, 3.63) is 0 Å². The maximum atomic E-state index is 10.4. The van der Waals surface area contributed by atoms with Crippen LogP contribution in [0.4, 0.5) is 0 Å². The average molecular weight is 1110 g/mol. The number of carbonyl (C=O) groups is 2. The van der Waals surface area contributed by atoms with E-state index in [0.29, 0.717) is 0 Å². The monoisotopic (exact) mass is 1110 g/mol. The number of unbranched alkanes of at least 4 members (excludes halogenated alkanes) is 64. The molecule has 0 saturated carbocycles. The minimum atomic E-state index is -0.897. The van der Waals surface area contributed by atoms with E-state index in [1.165, 1.54) is 398 Å². The molecule has 0 aromatic heterocycles. The Hall–Kier alpha value is 0.200. The Kier molecular flexibility index (Phi) is 82.8. The van der Waals surface area contributed by atoms with Gasteiger partial charge in [-0.3, -0.25) is 0 Å². The van der Waals surface area contributed by atoms with Gasteiger partial charge in [-0.2, -0.15) is 0 Å². The van der Waals surface area contributed by atoms with Crippen LogP contribution < -0.4 is 10.2 Å². The fourth-order valence-electron chi connectivity index (χ4n) is 11.6. The van der Waals surface area contributed by atoms with E-state index >= 15 is 0 Å². The zero-order valence-electron chi connectivity index (χ0n) is 53.4. The normalized spacial score (nSPS) is 11.2. The number of hydrogen-bond acceptors (Lipinski definition) is 4. The summed E-state index contributed by atoms with van der Waals surface area (Å²) in [6, 6.07) is 0. The van der Waals surface area contributed by atoms with Crippen molar-refractivity contribution < 1.29 is 19.8 Å². The third-order valence-electron chi connectivity index (χ3n) is 17.0. The summed E-state index contributed by atoms with van der Waals surface area (Å²) in [5.74, 6) is -1.79. The van der Waals surface area contributed by atoms with Gasteiger partial charge in [0.2, 0.25) is 0 Å². The Morgan fingerprint density at radius 1 is 0.169 bits per heavy atom. The molecule has 0 spiro atoms. The molecule has 0 unspecified atom stereocenters. The summed E-state index contributed by atoms with van der Waals surface area (Å²) in [7, 11) is 0. The van der Waals surface area contributed by atoms with Crippen LogP contribution in [-0.4, -0.2) is 49.7 Å². The van der Waals surface area contributed by atoms with E-state index < -0.39 is 11.9 Å². The average Bonchev–Trinajstić information content (AvgIpc) is 3.41. The van der Waals surface area contributed by atoms with Crippen LogP contribution in [0.1, 0.15) is 450 Å². The van der Waals surface area contributed by atoms with Gasteiger partial charge in [0.25, 0.3) is 0 Å². The summed E-state index contributed by atoms with van der Waals surface area (Å²) in [6.45, 7) is 4.60. The number of carbonyl (C=O) groups excluding carboxylic acids is 2. The Balaban J connectivity index is -0.00000140. The van der Waals surface area contributed by atoms with E-state index in [1.807, 2.05) is 0 Å². The second-order valence-electron chi connectivity index (χ2n) is 24.9. The van der Waals surface area contributed by atoms with E-state index in [9.17, 15) is 19.8 Å². The molecular formula is C72H142CaO4. The fraction of sp³-hybridized carbons (Fsp3) is 0.972. The van der Waals surface area contributed by atoms with Crippen molar-refractivity contribution in [3.8, 4) is 0 Å². The van der Waals surface area contributed by atoms with Crippen LogP contribution in [-0.2, 0) is 9.59 Å². The van der Waals surface area contributed by atoms with Gasteiger partial charge in [-0.15, -0.1) is 0 Å². The Labute approximate surface area is 516 Å². The van der Waals surface area contributed by atoms with E-state index in [4.69, 9.17) is 0 Å². The van der Waals surface area contributed by atoms with Gasteiger partial charge in [0.05, 0.1) is 0 Å². The molecule has 0 fully saturated rings. The molecule has 456 valence electrons. The van der Waals surface area contributed by atoms with Gasteiger partial charge in [-0.05, 0) is 25.7 Å². The third kappa shape index (κ3) is 85.1. The quantitative estimate of drug-likeness (QED) is 0.0449. The summed E-state index contributed by atoms with van der Waals surface area (Å²) in [5, 5.41) is 20.7. The van der Waals surface area contributed by atoms with Crippen molar-refractivity contribution in [3.63, 3.8) is 0 Å².